The van der Waals surface area contributed by atoms with Crippen molar-refractivity contribution in [3.63, 3.8) is 0 Å². The number of benzene rings is 2. The van der Waals surface area contributed by atoms with Gasteiger partial charge in [-0.2, -0.15) is 0 Å². The predicted octanol–water partition coefficient (Wildman–Crippen LogP) is 3.73. The third kappa shape index (κ3) is 1.93. The summed E-state index contributed by atoms with van der Waals surface area (Å²) in [5.41, 5.74) is 2.81. The zero-order valence-electron chi connectivity index (χ0n) is 11.0. The van der Waals surface area contributed by atoms with Crippen molar-refractivity contribution in [3.05, 3.63) is 59.9 Å². The van der Waals surface area contributed by atoms with Gasteiger partial charge < -0.3 is 5.11 Å². The highest BCUT2D eigenvalue weighted by atomic mass is 16.3. The fourth-order valence-electron chi connectivity index (χ4n) is 2.40. The summed E-state index contributed by atoms with van der Waals surface area (Å²) < 4.78 is 0. The predicted molar refractivity (Wildman–Crippen MR) is 79.0 cm³/mol. The van der Waals surface area contributed by atoms with Gasteiger partial charge >= 0.3 is 0 Å². The summed E-state index contributed by atoms with van der Waals surface area (Å²) in [6.07, 6.45) is 4.26. The molecular weight excluding hydrogens is 250 g/mol. The monoisotopic (exact) mass is 263 g/mol. The van der Waals surface area contributed by atoms with Crippen molar-refractivity contribution in [1.29, 1.82) is 0 Å². The molecule has 0 spiro atoms. The van der Waals surface area contributed by atoms with Crippen LogP contribution in [0.3, 0.4) is 0 Å². The Morgan fingerprint density at radius 3 is 2.75 bits per heavy atom. The van der Waals surface area contributed by atoms with E-state index in [0.717, 1.165) is 21.9 Å². The van der Waals surface area contributed by atoms with Gasteiger partial charge in [-0.05, 0) is 35.6 Å². The Kier molecular flexibility index (Phi) is 2.95. The van der Waals surface area contributed by atoms with Crippen molar-refractivity contribution in [2.45, 2.75) is 6.92 Å². The van der Waals surface area contributed by atoms with E-state index in [2.05, 4.69) is 4.98 Å². The van der Waals surface area contributed by atoms with E-state index in [0.29, 0.717) is 17.4 Å². The number of carbonyl (C=O) groups is 1. The number of phenolic OH excluding ortho intramolecular Hbond substituents is 1. The summed E-state index contributed by atoms with van der Waals surface area (Å²) in [7, 11) is 0. The normalized spacial score (nSPS) is 10.7. The first kappa shape index (κ1) is 12.4. The van der Waals surface area contributed by atoms with E-state index < -0.39 is 0 Å². The minimum absolute atomic E-state index is 0.0388. The zero-order valence-corrected chi connectivity index (χ0v) is 11.0. The quantitative estimate of drug-likeness (QED) is 0.717. The molecule has 0 saturated heterocycles. The Hall–Kier alpha value is -2.68. The lowest BCUT2D eigenvalue weighted by Gasteiger charge is -2.09. The second kappa shape index (κ2) is 4.78. The maximum Gasteiger partial charge on any atom is 0.153 e. The molecule has 0 aliphatic carbocycles. The molecule has 0 atom stereocenters. The molecule has 0 unspecified atom stereocenters. The van der Waals surface area contributed by atoms with Crippen molar-refractivity contribution in [2.24, 2.45) is 0 Å². The Bertz CT molecular complexity index is 804. The van der Waals surface area contributed by atoms with E-state index in [1.165, 1.54) is 0 Å². The number of aldehydes is 1. The number of aromatic nitrogens is 1. The standard InChI is InChI=1S/C17H13NO2/c1-11-6-13(7-14(10-19)17(11)20)16-9-18-8-12-4-2-3-5-15(12)16/h2-10,20H,1H3. The molecular formula is C17H13NO2. The Morgan fingerprint density at radius 2 is 1.95 bits per heavy atom. The second-order valence-electron chi connectivity index (χ2n) is 4.76. The fraction of sp³-hybridized carbons (Fsp3) is 0.0588. The molecule has 0 aliphatic rings. The lowest BCUT2D eigenvalue weighted by atomic mass is 9.97. The van der Waals surface area contributed by atoms with Crippen LogP contribution in [0, 0.1) is 6.92 Å². The van der Waals surface area contributed by atoms with Crippen LogP contribution in [-0.4, -0.2) is 16.4 Å². The van der Waals surface area contributed by atoms with Gasteiger partial charge in [0.2, 0.25) is 0 Å². The van der Waals surface area contributed by atoms with Crippen LogP contribution in [0.4, 0.5) is 0 Å². The summed E-state index contributed by atoms with van der Waals surface area (Å²) in [6, 6.07) is 11.5. The van der Waals surface area contributed by atoms with Crippen LogP contribution in [0.15, 0.2) is 48.8 Å². The van der Waals surface area contributed by atoms with Crippen molar-refractivity contribution in [3.8, 4) is 16.9 Å². The zero-order chi connectivity index (χ0) is 14.1. The van der Waals surface area contributed by atoms with Crippen molar-refractivity contribution >= 4 is 17.1 Å². The minimum Gasteiger partial charge on any atom is -0.507 e. The van der Waals surface area contributed by atoms with Crippen LogP contribution < -0.4 is 0 Å². The smallest absolute Gasteiger partial charge is 0.153 e. The molecule has 0 radical (unpaired) electrons. The molecule has 1 heterocycles. The summed E-state index contributed by atoms with van der Waals surface area (Å²) in [5, 5.41) is 12.0. The molecule has 0 amide bonds. The fourth-order valence-corrected chi connectivity index (χ4v) is 2.40. The average molecular weight is 263 g/mol. The molecule has 98 valence electrons. The molecule has 0 aliphatic heterocycles. The van der Waals surface area contributed by atoms with Crippen LogP contribution in [0.1, 0.15) is 15.9 Å². The highest BCUT2D eigenvalue weighted by molar-refractivity contribution is 5.97. The van der Waals surface area contributed by atoms with Crippen molar-refractivity contribution in [2.75, 3.05) is 0 Å². The van der Waals surface area contributed by atoms with Crippen LogP contribution in [0.25, 0.3) is 21.9 Å². The van der Waals surface area contributed by atoms with E-state index in [4.69, 9.17) is 0 Å². The Labute approximate surface area is 116 Å². The number of rotatable bonds is 2. The summed E-state index contributed by atoms with van der Waals surface area (Å²) in [4.78, 5) is 15.3. The first-order valence-corrected chi connectivity index (χ1v) is 6.32. The number of carbonyl (C=O) groups excluding carboxylic acids is 1. The van der Waals surface area contributed by atoms with Gasteiger partial charge in [0.15, 0.2) is 6.29 Å². The molecule has 0 saturated carbocycles. The Balaban J connectivity index is 2.31. The van der Waals surface area contributed by atoms with Crippen LogP contribution >= 0.6 is 0 Å². The molecule has 20 heavy (non-hydrogen) atoms. The van der Waals surface area contributed by atoms with Gasteiger partial charge in [-0.3, -0.25) is 9.78 Å². The SMILES string of the molecule is Cc1cc(-c2cncc3ccccc23)cc(C=O)c1O. The number of hydrogen-bond acceptors (Lipinski definition) is 3. The van der Waals surface area contributed by atoms with Gasteiger partial charge in [0.25, 0.3) is 0 Å². The van der Waals surface area contributed by atoms with E-state index >= 15 is 0 Å². The van der Waals surface area contributed by atoms with E-state index in [1.807, 2.05) is 36.5 Å². The van der Waals surface area contributed by atoms with Crippen LogP contribution in [0.5, 0.6) is 5.75 Å². The molecule has 0 bridgehead atoms. The number of phenols is 1. The minimum atomic E-state index is 0.0388. The number of aromatic hydroxyl groups is 1. The van der Waals surface area contributed by atoms with E-state index in [9.17, 15) is 9.90 Å². The number of pyridine rings is 1. The summed E-state index contributed by atoms with van der Waals surface area (Å²) in [5.74, 6) is 0.0388. The van der Waals surface area contributed by atoms with Crippen molar-refractivity contribution < 1.29 is 9.90 Å². The summed E-state index contributed by atoms with van der Waals surface area (Å²) >= 11 is 0. The van der Waals surface area contributed by atoms with Gasteiger partial charge in [-0.1, -0.05) is 24.3 Å². The third-order valence-corrected chi connectivity index (χ3v) is 3.44. The highest BCUT2D eigenvalue weighted by Crippen LogP contribution is 2.32. The maximum absolute atomic E-state index is 11.1. The van der Waals surface area contributed by atoms with Gasteiger partial charge in [-0.15, -0.1) is 0 Å². The van der Waals surface area contributed by atoms with Crippen molar-refractivity contribution in [1.82, 2.24) is 4.98 Å². The first-order chi connectivity index (χ1) is 9.70. The first-order valence-electron chi connectivity index (χ1n) is 6.32. The van der Waals surface area contributed by atoms with E-state index in [1.54, 1.807) is 19.2 Å². The summed E-state index contributed by atoms with van der Waals surface area (Å²) in [6.45, 7) is 1.78. The molecule has 2 aromatic carbocycles. The molecule has 1 N–H and O–H groups in total. The molecule has 0 fully saturated rings. The number of aryl methyl sites for hydroxylation is 1. The number of hydrogen-bond donors (Lipinski definition) is 1. The topological polar surface area (TPSA) is 50.2 Å². The number of nitrogens with zero attached hydrogens (tertiary/aromatic N) is 1. The lowest BCUT2D eigenvalue weighted by molar-refractivity contribution is 0.112. The Morgan fingerprint density at radius 1 is 1.15 bits per heavy atom. The van der Waals surface area contributed by atoms with Gasteiger partial charge in [0.1, 0.15) is 5.75 Å². The molecule has 3 nitrogen and oxygen atoms in total. The lowest BCUT2D eigenvalue weighted by Crippen LogP contribution is -1.90. The van der Waals surface area contributed by atoms with Gasteiger partial charge in [0.05, 0.1) is 5.56 Å². The van der Waals surface area contributed by atoms with E-state index in [-0.39, 0.29) is 5.75 Å². The second-order valence-corrected chi connectivity index (χ2v) is 4.76. The third-order valence-electron chi connectivity index (χ3n) is 3.44. The van der Waals surface area contributed by atoms with Gasteiger partial charge in [-0.25, -0.2) is 0 Å². The average Bonchev–Trinajstić information content (AvgIpc) is 2.49. The molecule has 3 rings (SSSR count). The maximum atomic E-state index is 11.1. The molecule has 3 aromatic rings. The van der Waals surface area contributed by atoms with Crippen LogP contribution in [0.2, 0.25) is 0 Å². The van der Waals surface area contributed by atoms with Crippen LogP contribution in [-0.2, 0) is 0 Å². The largest absolute Gasteiger partial charge is 0.507 e. The molecule has 1 aromatic heterocycles. The highest BCUT2D eigenvalue weighted by Gasteiger charge is 2.10. The molecule has 3 heteroatoms. The van der Waals surface area contributed by atoms with Gasteiger partial charge in [0, 0.05) is 23.3 Å². The number of fused-ring (bicyclic) bond motifs is 1.